The van der Waals surface area contributed by atoms with Crippen molar-refractivity contribution in [1.29, 1.82) is 0 Å². The Morgan fingerprint density at radius 2 is 2.40 bits per heavy atom. The van der Waals surface area contributed by atoms with Crippen LogP contribution in [0.3, 0.4) is 0 Å². The Morgan fingerprint density at radius 3 is 2.93 bits per heavy atom. The minimum Gasteiger partial charge on any atom is -0.463 e. The standard InChI is InChI=1S/C10H15NO4/c1-3-15-10(12)8-5-4-7(2)9(6-8)11(13)14/h5,7,9H,3-4,6H2,1-2H3/t7-,9-/m0/s1. The van der Waals surface area contributed by atoms with Crippen LogP contribution in [0, 0.1) is 16.0 Å². The van der Waals surface area contributed by atoms with Gasteiger partial charge in [0.2, 0.25) is 6.04 Å². The first-order chi connectivity index (χ1) is 7.06. The molecule has 0 spiro atoms. The predicted octanol–water partition coefficient (Wildman–Crippen LogP) is 1.55. The second-order valence-electron chi connectivity index (χ2n) is 3.72. The maximum Gasteiger partial charge on any atom is 0.333 e. The molecule has 0 fully saturated rings. The molecule has 1 aliphatic rings. The Hall–Kier alpha value is -1.39. The molecule has 0 N–H and O–H groups in total. The number of carbonyl (C=O) groups is 1. The van der Waals surface area contributed by atoms with E-state index in [0.717, 1.165) is 0 Å². The number of hydrogen-bond acceptors (Lipinski definition) is 4. The van der Waals surface area contributed by atoms with Crippen molar-refractivity contribution in [3.05, 3.63) is 21.8 Å². The minimum absolute atomic E-state index is 0.0156. The van der Waals surface area contributed by atoms with Gasteiger partial charge in [0.15, 0.2) is 0 Å². The second-order valence-corrected chi connectivity index (χ2v) is 3.72. The maximum absolute atomic E-state index is 11.4. The lowest BCUT2D eigenvalue weighted by atomic mass is 9.86. The summed E-state index contributed by atoms with van der Waals surface area (Å²) < 4.78 is 4.81. The first kappa shape index (κ1) is 11.7. The first-order valence-corrected chi connectivity index (χ1v) is 5.06. The number of nitrogens with zero attached hydrogens (tertiary/aromatic N) is 1. The van der Waals surface area contributed by atoms with Crippen molar-refractivity contribution in [1.82, 2.24) is 0 Å². The van der Waals surface area contributed by atoms with E-state index in [1.807, 2.05) is 6.92 Å². The number of hydrogen-bond donors (Lipinski definition) is 0. The summed E-state index contributed by atoms with van der Waals surface area (Å²) in [6.07, 6.45) is 2.51. The topological polar surface area (TPSA) is 69.4 Å². The van der Waals surface area contributed by atoms with Gasteiger partial charge in [0, 0.05) is 22.8 Å². The Labute approximate surface area is 88.3 Å². The van der Waals surface area contributed by atoms with E-state index in [9.17, 15) is 14.9 Å². The fourth-order valence-corrected chi connectivity index (χ4v) is 1.67. The van der Waals surface area contributed by atoms with E-state index in [-0.39, 0.29) is 17.3 Å². The van der Waals surface area contributed by atoms with E-state index in [2.05, 4.69) is 0 Å². The number of allylic oxidation sites excluding steroid dienone is 1. The van der Waals surface area contributed by atoms with E-state index in [1.54, 1.807) is 13.0 Å². The molecule has 0 aromatic heterocycles. The third-order valence-corrected chi connectivity index (χ3v) is 2.63. The number of carbonyl (C=O) groups excluding carboxylic acids is 1. The molecule has 0 aromatic carbocycles. The Bertz CT molecular complexity index is 298. The van der Waals surface area contributed by atoms with Crippen LogP contribution < -0.4 is 0 Å². The van der Waals surface area contributed by atoms with Crippen LogP contribution in [-0.4, -0.2) is 23.5 Å². The van der Waals surface area contributed by atoms with Crippen molar-refractivity contribution in [3.63, 3.8) is 0 Å². The third kappa shape index (κ3) is 2.78. The van der Waals surface area contributed by atoms with Gasteiger partial charge in [-0.3, -0.25) is 10.1 Å². The number of rotatable bonds is 3. The highest BCUT2D eigenvalue weighted by atomic mass is 16.6. The van der Waals surface area contributed by atoms with Gasteiger partial charge >= 0.3 is 5.97 Å². The molecule has 1 rings (SSSR count). The fraction of sp³-hybridized carbons (Fsp3) is 0.700. The summed E-state index contributed by atoms with van der Waals surface area (Å²) in [6.45, 7) is 3.84. The zero-order valence-electron chi connectivity index (χ0n) is 8.93. The van der Waals surface area contributed by atoms with Gasteiger partial charge in [-0.05, 0) is 13.3 Å². The van der Waals surface area contributed by atoms with Gasteiger partial charge in [-0.1, -0.05) is 13.0 Å². The molecular formula is C10H15NO4. The SMILES string of the molecule is CCOC(=O)C1=CC[C@H](C)[C@@H]([N+](=O)[O-])C1. The molecule has 84 valence electrons. The molecule has 0 radical (unpaired) electrons. The molecule has 5 nitrogen and oxygen atoms in total. The van der Waals surface area contributed by atoms with Crippen LogP contribution in [0.2, 0.25) is 0 Å². The van der Waals surface area contributed by atoms with Gasteiger partial charge in [-0.15, -0.1) is 0 Å². The average molecular weight is 213 g/mol. The number of esters is 1. The van der Waals surface area contributed by atoms with Gasteiger partial charge in [-0.25, -0.2) is 4.79 Å². The predicted molar refractivity (Wildman–Crippen MR) is 53.9 cm³/mol. The molecule has 5 heteroatoms. The van der Waals surface area contributed by atoms with Crippen LogP contribution in [0.1, 0.15) is 26.7 Å². The Kier molecular flexibility index (Phi) is 3.82. The number of nitro groups is 1. The van der Waals surface area contributed by atoms with Crippen LogP contribution in [0.25, 0.3) is 0 Å². The summed E-state index contributed by atoms with van der Waals surface area (Å²) >= 11 is 0. The van der Waals surface area contributed by atoms with E-state index in [4.69, 9.17) is 4.74 Å². The largest absolute Gasteiger partial charge is 0.463 e. The highest BCUT2D eigenvalue weighted by Gasteiger charge is 2.34. The molecule has 0 aromatic rings. The van der Waals surface area contributed by atoms with Crippen LogP contribution in [0.4, 0.5) is 0 Å². The lowest BCUT2D eigenvalue weighted by Gasteiger charge is -2.21. The Morgan fingerprint density at radius 1 is 1.73 bits per heavy atom. The Balaban J connectivity index is 2.70. The van der Waals surface area contributed by atoms with Crippen LogP contribution in [0.5, 0.6) is 0 Å². The molecule has 0 saturated carbocycles. The molecule has 1 aliphatic carbocycles. The summed E-state index contributed by atoms with van der Waals surface area (Å²) in [5.41, 5.74) is 0.441. The summed E-state index contributed by atoms with van der Waals surface area (Å²) in [6, 6.07) is -0.658. The van der Waals surface area contributed by atoms with Crippen molar-refractivity contribution >= 4 is 5.97 Å². The molecular weight excluding hydrogens is 198 g/mol. The summed E-state index contributed by atoms with van der Waals surface area (Å²) in [5.74, 6) is -0.436. The fourth-order valence-electron chi connectivity index (χ4n) is 1.67. The normalized spacial score (nSPS) is 25.6. The van der Waals surface area contributed by atoms with Crippen LogP contribution in [0.15, 0.2) is 11.6 Å². The highest BCUT2D eigenvalue weighted by molar-refractivity contribution is 5.88. The van der Waals surface area contributed by atoms with Gasteiger partial charge in [0.1, 0.15) is 0 Å². The molecule has 0 heterocycles. The quantitative estimate of drug-likeness (QED) is 0.405. The molecule has 0 unspecified atom stereocenters. The van der Waals surface area contributed by atoms with Crippen molar-refractivity contribution in [2.75, 3.05) is 6.61 Å². The molecule has 0 saturated heterocycles. The number of ether oxygens (including phenoxy) is 1. The van der Waals surface area contributed by atoms with E-state index in [1.165, 1.54) is 0 Å². The average Bonchev–Trinajstić information content (AvgIpc) is 2.18. The lowest BCUT2D eigenvalue weighted by molar-refractivity contribution is -0.531. The molecule has 0 amide bonds. The zero-order chi connectivity index (χ0) is 11.4. The van der Waals surface area contributed by atoms with Crippen LogP contribution >= 0.6 is 0 Å². The molecule has 2 atom stereocenters. The van der Waals surface area contributed by atoms with E-state index >= 15 is 0 Å². The van der Waals surface area contributed by atoms with Crippen molar-refractivity contribution < 1.29 is 14.5 Å². The van der Waals surface area contributed by atoms with Gasteiger partial charge in [0.25, 0.3) is 0 Å². The second kappa shape index (κ2) is 4.91. The van der Waals surface area contributed by atoms with Gasteiger partial charge in [0.05, 0.1) is 6.61 Å². The molecule has 0 aliphatic heterocycles. The van der Waals surface area contributed by atoms with E-state index in [0.29, 0.717) is 18.6 Å². The summed E-state index contributed by atoms with van der Waals surface area (Å²) in [5, 5.41) is 10.7. The molecule has 0 bridgehead atoms. The smallest absolute Gasteiger partial charge is 0.333 e. The van der Waals surface area contributed by atoms with Crippen molar-refractivity contribution in [3.8, 4) is 0 Å². The van der Waals surface area contributed by atoms with E-state index < -0.39 is 12.0 Å². The monoisotopic (exact) mass is 213 g/mol. The van der Waals surface area contributed by atoms with Crippen LogP contribution in [-0.2, 0) is 9.53 Å². The summed E-state index contributed by atoms with van der Waals surface area (Å²) in [4.78, 5) is 21.8. The van der Waals surface area contributed by atoms with Gasteiger partial charge < -0.3 is 4.74 Å². The van der Waals surface area contributed by atoms with Crippen molar-refractivity contribution in [2.45, 2.75) is 32.7 Å². The summed E-state index contributed by atoms with van der Waals surface area (Å²) in [7, 11) is 0. The van der Waals surface area contributed by atoms with Gasteiger partial charge in [-0.2, -0.15) is 0 Å². The highest BCUT2D eigenvalue weighted by Crippen LogP contribution is 2.26. The zero-order valence-corrected chi connectivity index (χ0v) is 8.93. The lowest BCUT2D eigenvalue weighted by Crippen LogP contribution is -2.32. The third-order valence-electron chi connectivity index (χ3n) is 2.63. The molecule has 15 heavy (non-hydrogen) atoms. The minimum atomic E-state index is -0.658. The first-order valence-electron chi connectivity index (χ1n) is 5.06. The van der Waals surface area contributed by atoms with Crippen molar-refractivity contribution in [2.24, 2.45) is 5.92 Å². The maximum atomic E-state index is 11.4.